The number of esters is 1. The summed E-state index contributed by atoms with van der Waals surface area (Å²) in [6.07, 6.45) is -7.53. The Hall–Kier alpha value is -3.22. The molecule has 1 heterocycles. The molecule has 11 heteroatoms. The maximum Gasteiger partial charge on any atom is 0.340 e. The van der Waals surface area contributed by atoms with E-state index in [1.807, 2.05) is 0 Å². The molecule has 0 saturated carbocycles. The van der Waals surface area contributed by atoms with Crippen LogP contribution in [0.15, 0.2) is 42.5 Å². The number of amides is 1. The molecule has 1 aliphatic heterocycles. The number of ether oxygens (including phenoxy) is 3. The number of methoxy groups -OCH3 is 1. The first-order valence-electron chi connectivity index (χ1n) is 9.55. The van der Waals surface area contributed by atoms with Gasteiger partial charge in [0.2, 0.25) is 6.29 Å². The molecule has 2 aromatic rings. The SMILES string of the molecule is COC(=O)c1cc(O)ccc1NC(=O)c1ccccc1OC1OC(CO)C(O)C(O)C1O. The Labute approximate surface area is 182 Å². The number of phenols is 1. The molecule has 1 saturated heterocycles. The van der Waals surface area contributed by atoms with Crippen molar-refractivity contribution in [2.24, 2.45) is 0 Å². The van der Waals surface area contributed by atoms with E-state index in [9.17, 15) is 35.1 Å². The third kappa shape index (κ3) is 4.82. The van der Waals surface area contributed by atoms with Crippen molar-refractivity contribution in [3.8, 4) is 11.5 Å². The Morgan fingerprint density at radius 2 is 1.75 bits per heavy atom. The molecule has 11 nitrogen and oxygen atoms in total. The van der Waals surface area contributed by atoms with E-state index < -0.39 is 49.2 Å². The number of benzene rings is 2. The number of rotatable bonds is 6. The van der Waals surface area contributed by atoms with Crippen LogP contribution < -0.4 is 10.1 Å². The highest BCUT2D eigenvalue weighted by Crippen LogP contribution is 2.28. The monoisotopic (exact) mass is 449 g/mol. The molecular weight excluding hydrogens is 426 g/mol. The van der Waals surface area contributed by atoms with E-state index in [2.05, 4.69) is 10.1 Å². The fraction of sp³-hybridized carbons (Fsp3) is 0.333. The van der Waals surface area contributed by atoms with Crippen LogP contribution in [0.1, 0.15) is 20.7 Å². The van der Waals surface area contributed by atoms with E-state index in [0.717, 1.165) is 13.2 Å². The van der Waals surface area contributed by atoms with Crippen molar-refractivity contribution < 1.29 is 49.3 Å². The molecule has 0 aliphatic carbocycles. The highest BCUT2D eigenvalue weighted by atomic mass is 16.7. The molecule has 5 unspecified atom stereocenters. The molecule has 0 spiro atoms. The number of carbonyl (C=O) groups is 2. The molecule has 172 valence electrons. The number of aromatic hydroxyl groups is 1. The van der Waals surface area contributed by atoms with Crippen LogP contribution in [0.5, 0.6) is 11.5 Å². The lowest BCUT2D eigenvalue weighted by molar-refractivity contribution is -0.277. The summed E-state index contributed by atoms with van der Waals surface area (Å²) in [7, 11) is 1.15. The molecule has 3 rings (SSSR count). The molecule has 1 aliphatic rings. The van der Waals surface area contributed by atoms with Gasteiger partial charge in [-0.15, -0.1) is 0 Å². The largest absolute Gasteiger partial charge is 0.508 e. The lowest BCUT2D eigenvalue weighted by atomic mass is 9.99. The molecule has 1 amide bonds. The third-order valence-corrected chi connectivity index (χ3v) is 4.88. The quantitative estimate of drug-likeness (QED) is 0.252. The summed E-state index contributed by atoms with van der Waals surface area (Å²) in [6.45, 7) is -0.635. The standard InChI is InChI=1S/C21H23NO10/c1-30-20(29)12-8-10(24)6-7-13(12)22-19(28)11-4-2-3-5-14(11)31-21-18(27)17(26)16(25)15(9-23)32-21/h2-8,15-18,21,23-27H,9H2,1H3,(H,22,28). The topological polar surface area (TPSA) is 175 Å². The van der Waals surface area contributed by atoms with Crippen molar-refractivity contribution in [3.63, 3.8) is 0 Å². The van der Waals surface area contributed by atoms with E-state index in [4.69, 9.17) is 9.47 Å². The molecule has 6 N–H and O–H groups in total. The van der Waals surface area contributed by atoms with Crippen LogP contribution in [0.4, 0.5) is 5.69 Å². The highest BCUT2D eigenvalue weighted by molar-refractivity contribution is 6.09. The number of phenolic OH excluding ortho intramolecular Hbond substituents is 1. The second kappa shape index (κ2) is 9.94. The van der Waals surface area contributed by atoms with Crippen molar-refractivity contribution >= 4 is 17.6 Å². The lowest BCUT2D eigenvalue weighted by Gasteiger charge is -2.39. The van der Waals surface area contributed by atoms with Gasteiger partial charge in [-0.2, -0.15) is 0 Å². The highest BCUT2D eigenvalue weighted by Gasteiger charge is 2.45. The van der Waals surface area contributed by atoms with Gasteiger partial charge in [-0.1, -0.05) is 12.1 Å². The summed E-state index contributed by atoms with van der Waals surface area (Å²) in [5.74, 6) is -1.70. The van der Waals surface area contributed by atoms with Gasteiger partial charge < -0.3 is 45.1 Å². The first kappa shape index (κ1) is 23.4. The van der Waals surface area contributed by atoms with Crippen LogP contribution in [-0.2, 0) is 9.47 Å². The zero-order valence-electron chi connectivity index (χ0n) is 16.9. The van der Waals surface area contributed by atoms with E-state index in [1.165, 1.54) is 24.3 Å². The van der Waals surface area contributed by atoms with Crippen molar-refractivity contribution in [1.29, 1.82) is 0 Å². The Balaban J connectivity index is 1.84. The maximum atomic E-state index is 12.9. The summed E-state index contributed by atoms with van der Waals surface area (Å²) in [5.41, 5.74) is -0.0103. The van der Waals surface area contributed by atoms with E-state index in [-0.39, 0.29) is 28.3 Å². The Morgan fingerprint density at radius 1 is 1.03 bits per heavy atom. The van der Waals surface area contributed by atoms with Gasteiger partial charge in [-0.3, -0.25) is 4.79 Å². The smallest absolute Gasteiger partial charge is 0.340 e. The van der Waals surface area contributed by atoms with Gasteiger partial charge in [0.25, 0.3) is 5.91 Å². The van der Waals surface area contributed by atoms with Crippen LogP contribution >= 0.6 is 0 Å². The van der Waals surface area contributed by atoms with Crippen molar-refractivity contribution in [2.45, 2.75) is 30.7 Å². The van der Waals surface area contributed by atoms with E-state index in [1.54, 1.807) is 12.1 Å². The number of aliphatic hydroxyl groups excluding tert-OH is 4. The van der Waals surface area contributed by atoms with Crippen molar-refractivity contribution in [3.05, 3.63) is 53.6 Å². The van der Waals surface area contributed by atoms with E-state index in [0.29, 0.717) is 0 Å². The van der Waals surface area contributed by atoms with E-state index >= 15 is 0 Å². The van der Waals surface area contributed by atoms with Crippen LogP contribution in [0.3, 0.4) is 0 Å². The van der Waals surface area contributed by atoms with Crippen LogP contribution in [-0.4, -0.2) is 81.8 Å². The maximum absolute atomic E-state index is 12.9. The van der Waals surface area contributed by atoms with Crippen molar-refractivity contribution in [2.75, 3.05) is 19.0 Å². The predicted molar refractivity (Wildman–Crippen MR) is 108 cm³/mol. The summed E-state index contributed by atoms with van der Waals surface area (Å²) in [4.78, 5) is 24.9. The first-order chi connectivity index (χ1) is 15.3. The first-order valence-corrected chi connectivity index (χ1v) is 9.55. The van der Waals surface area contributed by atoms with Gasteiger partial charge in [-0.05, 0) is 30.3 Å². The average Bonchev–Trinajstić information content (AvgIpc) is 2.80. The minimum absolute atomic E-state index is 0.00616. The zero-order valence-corrected chi connectivity index (χ0v) is 16.9. The predicted octanol–water partition coefficient (Wildman–Crippen LogP) is -0.390. The summed E-state index contributed by atoms with van der Waals surface area (Å²) < 4.78 is 15.6. The normalized spacial score (nSPS) is 25.1. The molecule has 0 bridgehead atoms. The minimum Gasteiger partial charge on any atom is -0.508 e. The van der Waals surface area contributed by atoms with Gasteiger partial charge in [0.1, 0.15) is 35.9 Å². The second-order valence-electron chi connectivity index (χ2n) is 6.99. The van der Waals surface area contributed by atoms with Gasteiger partial charge in [0.15, 0.2) is 0 Å². The summed E-state index contributed by atoms with van der Waals surface area (Å²) in [6, 6.07) is 9.65. The molecule has 1 fully saturated rings. The number of nitrogens with one attached hydrogen (secondary N) is 1. The average molecular weight is 449 g/mol. The number of hydrogen-bond donors (Lipinski definition) is 6. The second-order valence-corrected chi connectivity index (χ2v) is 6.99. The molecule has 0 radical (unpaired) electrons. The number of aliphatic hydroxyl groups is 4. The van der Waals surface area contributed by atoms with Crippen LogP contribution in [0, 0.1) is 0 Å². The van der Waals surface area contributed by atoms with Gasteiger partial charge in [0, 0.05) is 0 Å². The summed E-state index contributed by atoms with van der Waals surface area (Å²) >= 11 is 0. The van der Waals surface area contributed by atoms with Crippen LogP contribution in [0.25, 0.3) is 0 Å². The third-order valence-electron chi connectivity index (χ3n) is 4.88. The Bertz CT molecular complexity index is 979. The minimum atomic E-state index is -1.66. The molecule has 2 aromatic carbocycles. The van der Waals surface area contributed by atoms with Crippen molar-refractivity contribution in [1.82, 2.24) is 0 Å². The Kier molecular flexibility index (Phi) is 7.28. The number of anilines is 1. The number of para-hydroxylation sites is 1. The van der Waals surface area contributed by atoms with Crippen LogP contribution in [0.2, 0.25) is 0 Å². The summed E-state index contributed by atoms with van der Waals surface area (Å²) in [5, 5.41) is 51.5. The molecule has 32 heavy (non-hydrogen) atoms. The van der Waals surface area contributed by atoms with Gasteiger partial charge >= 0.3 is 5.97 Å². The van der Waals surface area contributed by atoms with Gasteiger partial charge in [0.05, 0.1) is 30.5 Å². The number of carbonyl (C=O) groups excluding carboxylic acids is 2. The molecule has 5 atom stereocenters. The van der Waals surface area contributed by atoms with Gasteiger partial charge in [-0.25, -0.2) is 4.79 Å². The zero-order chi connectivity index (χ0) is 23.4. The number of hydrogen-bond acceptors (Lipinski definition) is 10. The fourth-order valence-corrected chi connectivity index (χ4v) is 3.16. The fourth-order valence-electron chi connectivity index (χ4n) is 3.16. The molecular formula is C21H23NO10. The Morgan fingerprint density at radius 3 is 2.44 bits per heavy atom. The molecule has 0 aromatic heterocycles. The lowest BCUT2D eigenvalue weighted by Crippen LogP contribution is -2.60.